The van der Waals surface area contributed by atoms with Crippen molar-refractivity contribution < 1.29 is 4.74 Å². The Hall–Kier alpha value is -1.76. The van der Waals surface area contributed by atoms with Gasteiger partial charge in [-0.25, -0.2) is 4.99 Å². The van der Waals surface area contributed by atoms with Crippen molar-refractivity contribution in [3.8, 4) is 5.75 Å². The van der Waals surface area contributed by atoms with Crippen LogP contribution in [0.25, 0.3) is 0 Å². The van der Waals surface area contributed by atoms with Gasteiger partial charge in [-0.15, -0.1) is 24.0 Å². The number of nitrogens with two attached hydrogens (primary N) is 1. The third kappa shape index (κ3) is 3.96. The molecule has 4 nitrogen and oxygen atoms in total. The van der Waals surface area contributed by atoms with Gasteiger partial charge >= 0.3 is 0 Å². The number of nitrogens with zero attached hydrogens (tertiary/aromatic N) is 1. The van der Waals surface area contributed by atoms with Crippen LogP contribution < -0.4 is 15.8 Å². The van der Waals surface area contributed by atoms with E-state index < -0.39 is 0 Å². The molecule has 23 heavy (non-hydrogen) atoms. The minimum Gasteiger partial charge on any atom is -0.488 e. The second-order valence-electron chi connectivity index (χ2n) is 5.50. The number of halogens is 1. The largest absolute Gasteiger partial charge is 0.488 e. The van der Waals surface area contributed by atoms with Crippen molar-refractivity contribution in [3.05, 3.63) is 59.7 Å². The topological polar surface area (TPSA) is 59.6 Å². The van der Waals surface area contributed by atoms with E-state index in [1.807, 2.05) is 43.3 Å². The summed E-state index contributed by atoms with van der Waals surface area (Å²) in [6.45, 7) is 4.14. The second kappa shape index (κ2) is 7.68. The molecule has 0 radical (unpaired) electrons. The number of nitrogens with one attached hydrogen (secondary N) is 1. The summed E-state index contributed by atoms with van der Waals surface area (Å²) in [4.78, 5) is 4.61. The quantitative estimate of drug-likeness (QED) is 0.444. The van der Waals surface area contributed by atoms with Crippen LogP contribution in [0.5, 0.6) is 5.75 Å². The maximum atomic E-state index is 6.08. The molecule has 2 aromatic rings. The van der Waals surface area contributed by atoms with Crippen molar-refractivity contribution in [1.29, 1.82) is 0 Å². The van der Waals surface area contributed by atoms with Crippen LogP contribution in [0.1, 0.15) is 31.0 Å². The van der Waals surface area contributed by atoms with E-state index in [0.717, 1.165) is 23.4 Å². The molecule has 0 saturated heterocycles. The van der Waals surface area contributed by atoms with Gasteiger partial charge in [0.05, 0.1) is 0 Å². The van der Waals surface area contributed by atoms with Gasteiger partial charge < -0.3 is 15.8 Å². The Balaban J connectivity index is 0.00000192. The summed E-state index contributed by atoms with van der Waals surface area (Å²) >= 11 is 0. The summed E-state index contributed by atoms with van der Waals surface area (Å²) in [5.41, 5.74) is 9.39. The zero-order valence-electron chi connectivity index (χ0n) is 13.3. The Bertz CT molecular complexity index is 702. The van der Waals surface area contributed by atoms with Gasteiger partial charge in [0, 0.05) is 11.3 Å². The van der Waals surface area contributed by atoms with E-state index in [1.165, 1.54) is 5.56 Å². The van der Waals surface area contributed by atoms with E-state index in [-0.39, 0.29) is 36.1 Å². The molecule has 0 aliphatic carbocycles. The number of aliphatic imine (C=N–C) groups is 1. The highest BCUT2D eigenvalue weighted by Gasteiger charge is 2.30. The fraction of sp³-hybridized carbons (Fsp3) is 0.278. The van der Waals surface area contributed by atoms with Crippen LogP contribution in [0.2, 0.25) is 0 Å². The number of aryl methyl sites for hydroxylation is 1. The third-order valence-corrected chi connectivity index (χ3v) is 3.88. The van der Waals surface area contributed by atoms with Crippen LogP contribution >= 0.6 is 24.0 Å². The molecule has 5 heteroatoms. The van der Waals surface area contributed by atoms with Crippen molar-refractivity contribution in [2.24, 2.45) is 10.7 Å². The number of guanidine groups is 1. The van der Waals surface area contributed by atoms with Crippen LogP contribution in [0.4, 0.5) is 5.69 Å². The van der Waals surface area contributed by atoms with Gasteiger partial charge in [-0.05, 0) is 37.1 Å². The van der Waals surface area contributed by atoms with Gasteiger partial charge in [-0.2, -0.15) is 0 Å². The van der Waals surface area contributed by atoms with Crippen LogP contribution in [0.3, 0.4) is 0 Å². The van der Waals surface area contributed by atoms with E-state index in [1.54, 1.807) is 0 Å². The zero-order chi connectivity index (χ0) is 15.5. The smallest absolute Gasteiger partial charge is 0.193 e. The van der Waals surface area contributed by atoms with E-state index >= 15 is 0 Å². The first kappa shape index (κ1) is 17.6. The maximum Gasteiger partial charge on any atom is 0.193 e. The van der Waals surface area contributed by atoms with Crippen molar-refractivity contribution >= 4 is 35.6 Å². The van der Waals surface area contributed by atoms with Crippen molar-refractivity contribution in [2.75, 3.05) is 5.32 Å². The van der Waals surface area contributed by atoms with Gasteiger partial charge in [0.2, 0.25) is 0 Å². The maximum absolute atomic E-state index is 6.08. The number of hydrogen-bond donors (Lipinski definition) is 2. The molecular formula is C18H22IN3O. The summed E-state index contributed by atoms with van der Waals surface area (Å²) in [5, 5.41) is 3.17. The lowest BCUT2D eigenvalue weighted by Crippen LogP contribution is -2.25. The number of hydrogen-bond acceptors (Lipinski definition) is 2. The summed E-state index contributed by atoms with van der Waals surface area (Å²) in [6, 6.07) is 16.1. The van der Waals surface area contributed by atoms with Crippen molar-refractivity contribution in [2.45, 2.75) is 32.4 Å². The SMILES string of the molecule is CCc1cccc(NC(N)=NC2c3ccccc3OC2C)c1.I. The third-order valence-electron chi connectivity index (χ3n) is 3.88. The number of anilines is 1. The number of benzene rings is 2. The molecule has 3 N–H and O–H groups in total. The average Bonchev–Trinajstić information content (AvgIpc) is 2.83. The molecule has 0 fully saturated rings. The minimum absolute atomic E-state index is 0. The fourth-order valence-electron chi connectivity index (χ4n) is 2.72. The summed E-state index contributed by atoms with van der Waals surface area (Å²) in [6.07, 6.45) is 0.979. The zero-order valence-corrected chi connectivity index (χ0v) is 15.7. The van der Waals surface area contributed by atoms with Crippen LogP contribution in [-0.2, 0) is 6.42 Å². The van der Waals surface area contributed by atoms with Gasteiger partial charge in [0.25, 0.3) is 0 Å². The van der Waals surface area contributed by atoms with E-state index in [4.69, 9.17) is 10.5 Å². The summed E-state index contributed by atoms with van der Waals surface area (Å²) in [5.74, 6) is 1.30. The summed E-state index contributed by atoms with van der Waals surface area (Å²) < 4.78 is 5.82. The average molecular weight is 423 g/mol. The molecule has 3 rings (SSSR count). The predicted octanol–water partition coefficient (Wildman–Crippen LogP) is 4.12. The Morgan fingerprint density at radius 1 is 1.22 bits per heavy atom. The first-order chi connectivity index (χ1) is 10.7. The Morgan fingerprint density at radius 3 is 2.78 bits per heavy atom. The van der Waals surface area contributed by atoms with Crippen LogP contribution in [0, 0.1) is 0 Å². The number of fused-ring (bicyclic) bond motifs is 1. The van der Waals surface area contributed by atoms with E-state index in [9.17, 15) is 0 Å². The molecule has 2 unspecified atom stereocenters. The fourth-order valence-corrected chi connectivity index (χ4v) is 2.72. The van der Waals surface area contributed by atoms with Crippen LogP contribution in [-0.4, -0.2) is 12.1 Å². The molecule has 122 valence electrons. The molecule has 0 bridgehead atoms. The molecule has 2 aromatic carbocycles. The highest BCUT2D eigenvalue weighted by atomic mass is 127. The Kier molecular flexibility index (Phi) is 5.87. The number of ether oxygens (including phenoxy) is 1. The lowest BCUT2D eigenvalue weighted by atomic mass is 10.1. The molecule has 1 heterocycles. The normalized spacial score (nSPS) is 19.5. The predicted molar refractivity (Wildman–Crippen MR) is 106 cm³/mol. The van der Waals surface area contributed by atoms with E-state index in [0.29, 0.717) is 5.96 Å². The molecule has 1 aliphatic heterocycles. The molecular weight excluding hydrogens is 401 g/mol. The van der Waals surface area contributed by atoms with Crippen LogP contribution in [0.15, 0.2) is 53.5 Å². The minimum atomic E-state index is -0.0712. The van der Waals surface area contributed by atoms with Crippen molar-refractivity contribution in [1.82, 2.24) is 0 Å². The number of rotatable bonds is 3. The Morgan fingerprint density at radius 2 is 2.00 bits per heavy atom. The summed E-state index contributed by atoms with van der Waals surface area (Å²) in [7, 11) is 0. The van der Waals surface area contributed by atoms with E-state index in [2.05, 4.69) is 29.4 Å². The standard InChI is InChI=1S/C18H21N3O.HI/c1-3-13-7-6-8-14(11-13)20-18(19)21-17-12(2)22-16-10-5-4-9-15(16)17;/h4-12,17H,3H2,1-2H3,(H3,19,20,21);1H. The second-order valence-corrected chi connectivity index (χ2v) is 5.50. The number of para-hydroxylation sites is 1. The molecule has 0 aromatic heterocycles. The van der Waals surface area contributed by atoms with Gasteiger partial charge in [-0.1, -0.05) is 37.3 Å². The lowest BCUT2D eigenvalue weighted by molar-refractivity contribution is 0.229. The first-order valence-corrected chi connectivity index (χ1v) is 7.62. The highest BCUT2D eigenvalue weighted by molar-refractivity contribution is 14.0. The molecule has 0 spiro atoms. The lowest BCUT2D eigenvalue weighted by Gasteiger charge is -2.13. The highest BCUT2D eigenvalue weighted by Crippen LogP contribution is 2.38. The monoisotopic (exact) mass is 423 g/mol. The molecule has 1 aliphatic rings. The molecule has 0 amide bonds. The van der Waals surface area contributed by atoms with Gasteiger partial charge in [0.15, 0.2) is 5.96 Å². The van der Waals surface area contributed by atoms with Gasteiger partial charge in [-0.3, -0.25) is 0 Å². The Labute approximate surface area is 154 Å². The molecule has 0 saturated carbocycles. The van der Waals surface area contributed by atoms with Gasteiger partial charge in [0.1, 0.15) is 17.9 Å². The molecule has 2 atom stereocenters. The van der Waals surface area contributed by atoms with Crippen molar-refractivity contribution in [3.63, 3.8) is 0 Å². The first-order valence-electron chi connectivity index (χ1n) is 7.62.